The molecular weight excluding hydrogens is 344 g/mol. The van der Waals surface area contributed by atoms with Gasteiger partial charge in [-0.25, -0.2) is 4.98 Å². The number of carbonyl (C=O) groups is 1. The second kappa shape index (κ2) is 8.99. The third kappa shape index (κ3) is 4.59. The summed E-state index contributed by atoms with van der Waals surface area (Å²) in [7, 11) is 0. The number of piperidine rings is 1. The molecule has 148 valence electrons. The average molecular weight is 374 g/mol. The minimum Gasteiger partial charge on any atom is -0.380 e. The van der Waals surface area contributed by atoms with Gasteiger partial charge in [0, 0.05) is 58.1 Å². The maximum Gasteiger partial charge on any atom is 0.255 e. The van der Waals surface area contributed by atoms with Crippen LogP contribution in [0.1, 0.15) is 29.6 Å². The van der Waals surface area contributed by atoms with Gasteiger partial charge < -0.3 is 19.3 Å². The summed E-state index contributed by atoms with van der Waals surface area (Å²) in [6.07, 6.45) is 4.84. The molecule has 3 fully saturated rings. The lowest BCUT2D eigenvalue weighted by Gasteiger charge is -2.40. The van der Waals surface area contributed by atoms with E-state index in [1.807, 2.05) is 17.0 Å². The molecule has 0 aromatic carbocycles. The molecular formula is C20H30N4O3. The number of ether oxygens (including phenoxy) is 2. The summed E-state index contributed by atoms with van der Waals surface area (Å²) in [4.78, 5) is 24.1. The van der Waals surface area contributed by atoms with Crippen molar-refractivity contribution in [3.05, 3.63) is 23.9 Å². The van der Waals surface area contributed by atoms with Crippen molar-refractivity contribution in [1.29, 1.82) is 0 Å². The van der Waals surface area contributed by atoms with E-state index in [0.717, 1.165) is 90.8 Å². The van der Waals surface area contributed by atoms with Crippen molar-refractivity contribution in [2.45, 2.75) is 25.3 Å². The Kier molecular flexibility index (Phi) is 6.21. The highest BCUT2D eigenvalue weighted by molar-refractivity contribution is 5.94. The minimum atomic E-state index is 0.105. The average Bonchev–Trinajstić information content (AvgIpc) is 3.04. The van der Waals surface area contributed by atoms with Crippen molar-refractivity contribution in [1.82, 2.24) is 14.8 Å². The number of likely N-dealkylation sites (tertiary alicyclic amines) is 1. The molecule has 1 aromatic heterocycles. The van der Waals surface area contributed by atoms with Gasteiger partial charge in [-0.05, 0) is 31.4 Å². The Morgan fingerprint density at radius 3 is 2.41 bits per heavy atom. The standard InChI is InChI=1S/C20H30N4O3/c25-20(24-7-4-18(5-8-24)22-9-13-27-14-10-22)17-2-3-19(21-16-17)23-6-1-12-26-15-11-23/h2-3,16,18H,1,4-15H2. The van der Waals surface area contributed by atoms with Gasteiger partial charge in [-0.1, -0.05) is 0 Å². The summed E-state index contributed by atoms with van der Waals surface area (Å²) in [6, 6.07) is 4.48. The maximum atomic E-state index is 12.8. The molecule has 7 nitrogen and oxygen atoms in total. The Morgan fingerprint density at radius 1 is 0.926 bits per heavy atom. The monoisotopic (exact) mass is 374 g/mol. The Hall–Kier alpha value is -1.70. The number of amides is 1. The highest BCUT2D eigenvalue weighted by atomic mass is 16.5. The molecule has 3 saturated heterocycles. The van der Waals surface area contributed by atoms with Crippen LogP contribution in [-0.2, 0) is 9.47 Å². The summed E-state index contributed by atoms with van der Waals surface area (Å²) >= 11 is 0. The summed E-state index contributed by atoms with van der Waals surface area (Å²) in [5, 5.41) is 0. The third-order valence-corrected chi connectivity index (χ3v) is 5.85. The Bertz CT molecular complexity index is 602. The second-order valence-electron chi connectivity index (χ2n) is 7.53. The van der Waals surface area contributed by atoms with Crippen LogP contribution in [0.25, 0.3) is 0 Å². The topological polar surface area (TPSA) is 58.1 Å². The first-order chi connectivity index (χ1) is 13.3. The number of aromatic nitrogens is 1. The van der Waals surface area contributed by atoms with E-state index in [4.69, 9.17) is 9.47 Å². The Labute approximate surface area is 161 Å². The fraction of sp³-hybridized carbons (Fsp3) is 0.700. The van der Waals surface area contributed by atoms with Gasteiger partial charge in [0.25, 0.3) is 5.91 Å². The zero-order valence-corrected chi connectivity index (χ0v) is 16.0. The van der Waals surface area contributed by atoms with E-state index in [1.165, 1.54) is 0 Å². The molecule has 0 N–H and O–H groups in total. The van der Waals surface area contributed by atoms with Gasteiger partial charge in [0.2, 0.25) is 0 Å². The molecule has 3 aliphatic rings. The van der Waals surface area contributed by atoms with Gasteiger partial charge in [-0.2, -0.15) is 0 Å². The van der Waals surface area contributed by atoms with Gasteiger partial charge in [0.1, 0.15) is 5.82 Å². The number of anilines is 1. The molecule has 4 rings (SSSR count). The van der Waals surface area contributed by atoms with Gasteiger partial charge >= 0.3 is 0 Å². The molecule has 0 saturated carbocycles. The van der Waals surface area contributed by atoms with Crippen LogP contribution in [0.5, 0.6) is 0 Å². The summed E-state index contributed by atoms with van der Waals surface area (Å²) in [5.41, 5.74) is 0.689. The van der Waals surface area contributed by atoms with E-state index in [9.17, 15) is 4.79 Å². The van der Waals surface area contributed by atoms with Crippen molar-refractivity contribution in [2.75, 3.05) is 70.6 Å². The number of carbonyl (C=O) groups excluding carboxylic acids is 1. The van der Waals surface area contributed by atoms with Crippen molar-refractivity contribution in [3.63, 3.8) is 0 Å². The smallest absolute Gasteiger partial charge is 0.255 e. The fourth-order valence-electron chi connectivity index (χ4n) is 4.23. The predicted molar refractivity (Wildman–Crippen MR) is 103 cm³/mol. The van der Waals surface area contributed by atoms with E-state index in [2.05, 4.69) is 14.8 Å². The normalized spacial score (nSPS) is 23.3. The first-order valence-corrected chi connectivity index (χ1v) is 10.2. The van der Waals surface area contributed by atoms with Crippen LogP contribution in [0, 0.1) is 0 Å². The molecule has 4 heterocycles. The molecule has 0 atom stereocenters. The summed E-state index contributed by atoms with van der Waals surface area (Å²) in [5.74, 6) is 1.04. The summed E-state index contributed by atoms with van der Waals surface area (Å²) in [6.45, 7) is 8.72. The number of pyridine rings is 1. The van der Waals surface area contributed by atoms with Crippen LogP contribution in [0.4, 0.5) is 5.82 Å². The molecule has 1 amide bonds. The maximum absolute atomic E-state index is 12.8. The number of nitrogens with zero attached hydrogens (tertiary/aromatic N) is 4. The molecule has 1 aromatic rings. The number of hydrogen-bond acceptors (Lipinski definition) is 6. The Morgan fingerprint density at radius 2 is 1.67 bits per heavy atom. The zero-order valence-electron chi connectivity index (χ0n) is 16.0. The molecule has 0 unspecified atom stereocenters. The number of rotatable bonds is 3. The van der Waals surface area contributed by atoms with Crippen LogP contribution < -0.4 is 4.90 Å². The lowest BCUT2D eigenvalue weighted by Crippen LogP contribution is -2.50. The zero-order chi connectivity index (χ0) is 18.5. The second-order valence-corrected chi connectivity index (χ2v) is 7.53. The summed E-state index contributed by atoms with van der Waals surface area (Å²) < 4.78 is 10.9. The molecule has 0 spiro atoms. The molecule has 0 radical (unpaired) electrons. The molecule has 3 aliphatic heterocycles. The predicted octanol–water partition coefficient (Wildman–Crippen LogP) is 1.25. The van der Waals surface area contributed by atoms with Crippen molar-refractivity contribution in [3.8, 4) is 0 Å². The van der Waals surface area contributed by atoms with Gasteiger partial charge in [-0.15, -0.1) is 0 Å². The van der Waals surface area contributed by atoms with Crippen LogP contribution in [0.15, 0.2) is 18.3 Å². The SMILES string of the molecule is O=C(c1ccc(N2CCCOCC2)nc1)N1CCC(N2CCOCC2)CC1. The number of morpholine rings is 1. The molecule has 0 aliphatic carbocycles. The van der Waals surface area contributed by atoms with Crippen LogP contribution in [-0.4, -0.2) is 92.4 Å². The number of hydrogen-bond donors (Lipinski definition) is 0. The molecule has 0 bridgehead atoms. The van der Waals surface area contributed by atoms with E-state index >= 15 is 0 Å². The quantitative estimate of drug-likeness (QED) is 0.794. The van der Waals surface area contributed by atoms with E-state index in [1.54, 1.807) is 6.20 Å². The van der Waals surface area contributed by atoms with Crippen LogP contribution in [0.2, 0.25) is 0 Å². The van der Waals surface area contributed by atoms with Crippen molar-refractivity contribution < 1.29 is 14.3 Å². The first kappa shape index (κ1) is 18.7. The van der Waals surface area contributed by atoms with E-state index in [0.29, 0.717) is 11.6 Å². The minimum absolute atomic E-state index is 0.105. The molecule has 27 heavy (non-hydrogen) atoms. The van der Waals surface area contributed by atoms with Crippen molar-refractivity contribution >= 4 is 11.7 Å². The van der Waals surface area contributed by atoms with Crippen LogP contribution >= 0.6 is 0 Å². The lowest BCUT2D eigenvalue weighted by molar-refractivity contribution is 0.00158. The van der Waals surface area contributed by atoms with Gasteiger partial charge in [0.05, 0.1) is 25.4 Å². The highest BCUT2D eigenvalue weighted by Gasteiger charge is 2.28. The van der Waals surface area contributed by atoms with Gasteiger partial charge in [-0.3, -0.25) is 9.69 Å². The Balaban J connectivity index is 1.31. The molecule has 7 heteroatoms. The largest absolute Gasteiger partial charge is 0.380 e. The lowest BCUT2D eigenvalue weighted by atomic mass is 10.0. The van der Waals surface area contributed by atoms with Crippen LogP contribution in [0.3, 0.4) is 0 Å². The fourth-order valence-corrected chi connectivity index (χ4v) is 4.23. The van der Waals surface area contributed by atoms with E-state index in [-0.39, 0.29) is 5.91 Å². The van der Waals surface area contributed by atoms with Crippen molar-refractivity contribution in [2.24, 2.45) is 0 Å². The van der Waals surface area contributed by atoms with Gasteiger partial charge in [0.15, 0.2) is 0 Å². The highest BCUT2D eigenvalue weighted by Crippen LogP contribution is 2.20. The first-order valence-electron chi connectivity index (χ1n) is 10.2. The van der Waals surface area contributed by atoms with E-state index < -0.39 is 0 Å². The third-order valence-electron chi connectivity index (χ3n) is 5.85.